The Morgan fingerprint density at radius 1 is 1.33 bits per heavy atom. The Morgan fingerprint density at radius 2 is 1.89 bits per heavy atom. The number of halogens is 3. The summed E-state index contributed by atoms with van der Waals surface area (Å²) in [6, 6.07) is 7.27. The molecule has 18 heavy (non-hydrogen) atoms. The van der Waals surface area contributed by atoms with E-state index in [4.69, 9.17) is 0 Å². The van der Waals surface area contributed by atoms with Crippen LogP contribution in [0.1, 0.15) is 18.4 Å². The van der Waals surface area contributed by atoms with Crippen molar-refractivity contribution < 1.29 is 27.8 Å². The first-order chi connectivity index (χ1) is 8.38. The van der Waals surface area contributed by atoms with Crippen LogP contribution in [-0.4, -0.2) is 30.0 Å². The van der Waals surface area contributed by atoms with E-state index in [-0.39, 0.29) is 12.2 Å². The predicted molar refractivity (Wildman–Crippen MR) is 57.9 cm³/mol. The predicted octanol–water partition coefficient (Wildman–Crippen LogP) is 2.26. The Kier molecular flexibility index (Phi) is 4.72. The van der Waals surface area contributed by atoms with Gasteiger partial charge in [0.1, 0.15) is 5.92 Å². The van der Waals surface area contributed by atoms with Gasteiger partial charge in [-0.25, -0.2) is 0 Å². The highest BCUT2D eigenvalue weighted by molar-refractivity contribution is 5.79. The van der Waals surface area contributed by atoms with Gasteiger partial charge in [0.15, 0.2) is 6.10 Å². The van der Waals surface area contributed by atoms with Gasteiger partial charge in [0.05, 0.1) is 6.61 Å². The summed E-state index contributed by atoms with van der Waals surface area (Å²) in [5.74, 6) is -2.85. The normalized spacial score (nSPS) is 14.9. The van der Waals surface area contributed by atoms with Gasteiger partial charge < -0.3 is 9.84 Å². The first-order valence-electron chi connectivity index (χ1n) is 5.34. The lowest BCUT2D eigenvalue weighted by molar-refractivity contribution is -0.215. The van der Waals surface area contributed by atoms with Crippen molar-refractivity contribution in [3.05, 3.63) is 35.9 Å². The third-order valence-electron chi connectivity index (χ3n) is 2.35. The van der Waals surface area contributed by atoms with Crippen LogP contribution >= 0.6 is 0 Å². The molecule has 0 amide bonds. The van der Waals surface area contributed by atoms with Crippen molar-refractivity contribution in [3.8, 4) is 0 Å². The first-order valence-corrected chi connectivity index (χ1v) is 5.34. The third-order valence-corrected chi connectivity index (χ3v) is 2.35. The Morgan fingerprint density at radius 3 is 2.33 bits per heavy atom. The average molecular weight is 262 g/mol. The average Bonchev–Trinajstić information content (AvgIpc) is 2.29. The summed E-state index contributed by atoms with van der Waals surface area (Å²) in [5, 5.41) is 9.27. The summed E-state index contributed by atoms with van der Waals surface area (Å²) in [7, 11) is 0. The molecular formula is C12H13F3O3. The lowest BCUT2D eigenvalue weighted by Crippen LogP contribution is -2.39. The van der Waals surface area contributed by atoms with E-state index >= 15 is 0 Å². The van der Waals surface area contributed by atoms with Gasteiger partial charge in [0.25, 0.3) is 0 Å². The zero-order valence-corrected chi connectivity index (χ0v) is 9.65. The zero-order chi connectivity index (χ0) is 13.8. The van der Waals surface area contributed by atoms with Crippen LogP contribution in [0.2, 0.25) is 0 Å². The Balaban J connectivity index is 3.07. The molecule has 0 radical (unpaired) electrons. The molecule has 0 aromatic heterocycles. The summed E-state index contributed by atoms with van der Waals surface area (Å²) in [6.07, 6.45) is -7.66. The molecule has 3 nitrogen and oxygen atoms in total. The molecule has 2 atom stereocenters. The van der Waals surface area contributed by atoms with Crippen molar-refractivity contribution in [1.82, 2.24) is 0 Å². The highest BCUT2D eigenvalue weighted by Gasteiger charge is 2.47. The SMILES string of the molecule is CCOC(=O)C(c1ccccc1)C(O)C(F)(F)F. The molecule has 6 heteroatoms. The monoisotopic (exact) mass is 262 g/mol. The van der Waals surface area contributed by atoms with E-state index in [1.54, 1.807) is 6.07 Å². The number of esters is 1. The summed E-state index contributed by atoms with van der Waals surface area (Å²) >= 11 is 0. The molecule has 0 bridgehead atoms. The molecule has 0 saturated carbocycles. The van der Waals surface area contributed by atoms with Gasteiger partial charge in [-0.2, -0.15) is 13.2 Å². The molecule has 0 spiro atoms. The standard InChI is InChI=1S/C12H13F3O3/c1-2-18-11(17)9(10(16)12(13,14)15)8-6-4-3-5-7-8/h3-7,9-10,16H,2H2,1H3. The van der Waals surface area contributed by atoms with E-state index in [0.29, 0.717) is 0 Å². The van der Waals surface area contributed by atoms with Crippen molar-refractivity contribution in [2.45, 2.75) is 25.1 Å². The molecule has 0 aliphatic carbocycles. The maximum Gasteiger partial charge on any atom is 0.415 e. The van der Waals surface area contributed by atoms with Gasteiger partial charge in [-0.05, 0) is 12.5 Å². The van der Waals surface area contributed by atoms with Crippen LogP contribution in [0.4, 0.5) is 13.2 Å². The third kappa shape index (κ3) is 3.46. The van der Waals surface area contributed by atoms with E-state index in [2.05, 4.69) is 4.74 Å². The van der Waals surface area contributed by atoms with Crippen LogP contribution in [0.15, 0.2) is 30.3 Å². The van der Waals surface area contributed by atoms with Crippen LogP contribution in [0.3, 0.4) is 0 Å². The summed E-state index contributed by atoms with van der Waals surface area (Å²) < 4.78 is 42.2. The maximum atomic E-state index is 12.5. The van der Waals surface area contributed by atoms with E-state index in [1.165, 1.54) is 31.2 Å². The fourth-order valence-electron chi connectivity index (χ4n) is 1.53. The number of benzene rings is 1. The van der Waals surface area contributed by atoms with Crippen molar-refractivity contribution in [1.29, 1.82) is 0 Å². The highest BCUT2D eigenvalue weighted by Crippen LogP contribution is 2.32. The molecule has 0 fully saturated rings. The molecule has 0 aliphatic rings. The largest absolute Gasteiger partial charge is 0.465 e. The van der Waals surface area contributed by atoms with Gasteiger partial charge in [-0.3, -0.25) is 4.79 Å². The molecule has 2 unspecified atom stereocenters. The van der Waals surface area contributed by atoms with Crippen LogP contribution in [0.5, 0.6) is 0 Å². The molecule has 1 rings (SSSR count). The minimum atomic E-state index is -4.88. The second-order valence-electron chi connectivity index (χ2n) is 3.63. The van der Waals surface area contributed by atoms with Crippen molar-refractivity contribution in [3.63, 3.8) is 0 Å². The molecule has 0 heterocycles. The number of aliphatic hydroxyl groups excluding tert-OH is 1. The fourth-order valence-corrected chi connectivity index (χ4v) is 1.53. The number of hydrogen-bond donors (Lipinski definition) is 1. The number of alkyl halides is 3. The number of hydrogen-bond acceptors (Lipinski definition) is 3. The van der Waals surface area contributed by atoms with Crippen molar-refractivity contribution >= 4 is 5.97 Å². The minimum absolute atomic E-state index is 0.0489. The van der Waals surface area contributed by atoms with E-state index < -0.39 is 24.2 Å². The second-order valence-corrected chi connectivity index (χ2v) is 3.63. The fraction of sp³-hybridized carbons (Fsp3) is 0.417. The lowest BCUT2D eigenvalue weighted by atomic mass is 9.93. The summed E-state index contributed by atoms with van der Waals surface area (Å²) in [5.41, 5.74) is 0.0702. The zero-order valence-electron chi connectivity index (χ0n) is 9.65. The van der Waals surface area contributed by atoms with Crippen LogP contribution in [-0.2, 0) is 9.53 Å². The molecule has 1 N–H and O–H groups in total. The molecule has 100 valence electrons. The van der Waals surface area contributed by atoms with Crippen LogP contribution in [0.25, 0.3) is 0 Å². The van der Waals surface area contributed by atoms with Crippen molar-refractivity contribution in [2.24, 2.45) is 0 Å². The molecule has 0 saturated heterocycles. The number of rotatable bonds is 4. The topological polar surface area (TPSA) is 46.5 Å². The van der Waals surface area contributed by atoms with Crippen molar-refractivity contribution in [2.75, 3.05) is 6.61 Å². The van der Waals surface area contributed by atoms with Gasteiger partial charge in [-0.1, -0.05) is 30.3 Å². The summed E-state index contributed by atoms with van der Waals surface area (Å²) in [6.45, 7) is 1.44. The summed E-state index contributed by atoms with van der Waals surface area (Å²) in [4.78, 5) is 11.5. The van der Waals surface area contributed by atoms with Crippen LogP contribution < -0.4 is 0 Å². The van der Waals surface area contributed by atoms with Gasteiger partial charge >= 0.3 is 12.1 Å². The molecule has 1 aromatic carbocycles. The smallest absolute Gasteiger partial charge is 0.415 e. The van der Waals surface area contributed by atoms with Gasteiger partial charge in [-0.15, -0.1) is 0 Å². The number of aliphatic hydroxyl groups is 1. The van der Waals surface area contributed by atoms with E-state index in [9.17, 15) is 23.1 Å². The van der Waals surface area contributed by atoms with E-state index in [1.807, 2.05) is 0 Å². The quantitative estimate of drug-likeness (QED) is 0.846. The number of carbonyl (C=O) groups is 1. The second kappa shape index (κ2) is 5.86. The molecular weight excluding hydrogens is 249 g/mol. The highest BCUT2D eigenvalue weighted by atomic mass is 19.4. The Hall–Kier alpha value is -1.56. The maximum absolute atomic E-state index is 12.5. The lowest BCUT2D eigenvalue weighted by Gasteiger charge is -2.23. The van der Waals surface area contributed by atoms with Gasteiger partial charge in [0, 0.05) is 0 Å². The van der Waals surface area contributed by atoms with Crippen LogP contribution in [0, 0.1) is 0 Å². The Labute approximate surface area is 102 Å². The molecule has 1 aromatic rings. The minimum Gasteiger partial charge on any atom is -0.465 e. The number of ether oxygens (including phenoxy) is 1. The van der Waals surface area contributed by atoms with Gasteiger partial charge in [0.2, 0.25) is 0 Å². The molecule has 0 aliphatic heterocycles. The van der Waals surface area contributed by atoms with E-state index in [0.717, 1.165) is 0 Å². The number of carbonyl (C=O) groups excluding carboxylic acids is 1. The Bertz CT molecular complexity index is 389. The first kappa shape index (κ1) is 14.5.